The van der Waals surface area contributed by atoms with E-state index in [-0.39, 0.29) is 5.69 Å². The zero-order chi connectivity index (χ0) is 15.4. The maximum Gasteiger partial charge on any atom is 0.272 e. The van der Waals surface area contributed by atoms with Crippen molar-refractivity contribution in [3.05, 3.63) is 63.7 Å². The highest BCUT2D eigenvalue weighted by Gasteiger charge is 2.11. The molecule has 0 saturated carbocycles. The summed E-state index contributed by atoms with van der Waals surface area (Å²) in [5.41, 5.74) is 1.40. The molecule has 6 heteroatoms. The van der Waals surface area contributed by atoms with Crippen LogP contribution in [0.1, 0.15) is 25.1 Å². The van der Waals surface area contributed by atoms with Gasteiger partial charge < -0.3 is 9.88 Å². The smallest absolute Gasteiger partial charge is 0.272 e. The molecule has 112 valence electrons. The number of hydrogen-bond donors (Lipinski definition) is 1. The molecular formula is C15H18FN3O2. The maximum atomic E-state index is 13.4. The lowest BCUT2D eigenvalue weighted by Gasteiger charge is -2.12. The van der Waals surface area contributed by atoms with Crippen molar-refractivity contribution in [3.8, 4) is 0 Å². The number of nitrogens with one attached hydrogen (secondary N) is 1. The minimum atomic E-state index is -0.590. The molecule has 1 heterocycles. The van der Waals surface area contributed by atoms with Gasteiger partial charge in [0.25, 0.3) is 5.69 Å². The Bertz CT molecular complexity index is 638. The Morgan fingerprint density at radius 2 is 2.14 bits per heavy atom. The van der Waals surface area contributed by atoms with Crippen molar-refractivity contribution in [1.29, 1.82) is 0 Å². The van der Waals surface area contributed by atoms with Crippen molar-refractivity contribution in [3.63, 3.8) is 0 Å². The Morgan fingerprint density at radius 3 is 2.81 bits per heavy atom. The van der Waals surface area contributed by atoms with Gasteiger partial charge in [0.05, 0.1) is 11.0 Å². The normalized spacial score (nSPS) is 11.0. The monoisotopic (exact) mass is 291 g/mol. The molecule has 1 aromatic heterocycles. The summed E-state index contributed by atoms with van der Waals surface area (Å²) in [7, 11) is 0. The quantitative estimate of drug-likeness (QED) is 0.657. The number of rotatable bonds is 6. The summed E-state index contributed by atoms with van der Waals surface area (Å²) in [5.74, 6) is -0.590. The van der Waals surface area contributed by atoms with Gasteiger partial charge in [-0.3, -0.25) is 10.1 Å². The number of non-ortho nitro benzene ring substituents is 1. The van der Waals surface area contributed by atoms with Crippen LogP contribution in [0.5, 0.6) is 0 Å². The van der Waals surface area contributed by atoms with E-state index < -0.39 is 10.7 Å². The average Bonchev–Trinajstić information content (AvgIpc) is 2.83. The summed E-state index contributed by atoms with van der Waals surface area (Å²) in [6.07, 6.45) is 1.88. The molecule has 0 saturated heterocycles. The van der Waals surface area contributed by atoms with Crippen molar-refractivity contribution < 1.29 is 9.31 Å². The van der Waals surface area contributed by atoms with Gasteiger partial charge in [-0.25, -0.2) is 4.39 Å². The van der Waals surface area contributed by atoms with Gasteiger partial charge in [-0.2, -0.15) is 0 Å². The fourth-order valence-corrected chi connectivity index (χ4v) is 2.10. The molecule has 1 aromatic carbocycles. The Kier molecular flexibility index (Phi) is 4.70. The predicted molar refractivity (Wildman–Crippen MR) is 78.6 cm³/mol. The first kappa shape index (κ1) is 15.2. The third kappa shape index (κ3) is 4.13. The number of benzene rings is 1. The highest BCUT2D eigenvalue weighted by atomic mass is 19.1. The molecule has 5 nitrogen and oxygen atoms in total. The van der Waals surface area contributed by atoms with Crippen LogP contribution in [0.2, 0.25) is 0 Å². The largest absolute Gasteiger partial charge is 0.346 e. The van der Waals surface area contributed by atoms with Crippen molar-refractivity contribution in [2.45, 2.75) is 33.0 Å². The van der Waals surface area contributed by atoms with Crippen molar-refractivity contribution in [2.75, 3.05) is 0 Å². The van der Waals surface area contributed by atoms with Crippen LogP contribution in [-0.4, -0.2) is 15.5 Å². The Morgan fingerprint density at radius 1 is 1.38 bits per heavy atom. The lowest BCUT2D eigenvalue weighted by atomic mass is 10.2. The molecule has 0 aliphatic carbocycles. The zero-order valence-electron chi connectivity index (χ0n) is 12.0. The van der Waals surface area contributed by atoms with Crippen LogP contribution < -0.4 is 5.32 Å². The number of nitro groups is 1. The van der Waals surface area contributed by atoms with E-state index in [2.05, 4.69) is 19.2 Å². The van der Waals surface area contributed by atoms with Crippen LogP contribution in [0.4, 0.5) is 10.1 Å². The third-order valence-corrected chi connectivity index (χ3v) is 3.12. The summed E-state index contributed by atoms with van der Waals surface area (Å²) in [4.78, 5) is 10.2. The van der Waals surface area contributed by atoms with E-state index in [9.17, 15) is 14.5 Å². The summed E-state index contributed by atoms with van der Waals surface area (Å²) < 4.78 is 15.4. The highest BCUT2D eigenvalue weighted by molar-refractivity contribution is 5.35. The molecule has 0 aliphatic heterocycles. The number of nitrogens with zero attached hydrogens (tertiary/aromatic N) is 2. The fraction of sp³-hybridized carbons (Fsp3) is 0.333. The van der Waals surface area contributed by atoms with Crippen LogP contribution in [0, 0.1) is 15.9 Å². The van der Waals surface area contributed by atoms with Gasteiger partial charge in [0, 0.05) is 37.1 Å². The second-order valence-electron chi connectivity index (χ2n) is 5.24. The molecule has 0 fully saturated rings. The van der Waals surface area contributed by atoms with Gasteiger partial charge in [-0.1, -0.05) is 13.8 Å². The van der Waals surface area contributed by atoms with Gasteiger partial charge in [0.1, 0.15) is 5.82 Å². The first-order valence-electron chi connectivity index (χ1n) is 6.77. The lowest BCUT2D eigenvalue weighted by molar-refractivity contribution is -0.385. The average molecular weight is 291 g/mol. The molecule has 2 aromatic rings. The minimum Gasteiger partial charge on any atom is -0.346 e. The molecule has 0 spiro atoms. The second-order valence-corrected chi connectivity index (χ2v) is 5.24. The van der Waals surface area contributed by atoms with E-state index in [0.29, 0.717) is 24.7 Å². The van der Waals surface area contributed by atoms with Gasteiger partial charge in [0.2, 0.25) is 0 Å². The van der Waals surface area contributed by atoms with Gasteiger partial charge >= 0.3 is 0 Å². The molecule has 0 bridgehead atoms. The standard InChI is InChI=1S/C15H18FN3O2/c1-11(2)17-9-14-4-3-5-18(14)10-12-6-13(16)8-15(7-12)19(20)21/h3-8,11,17H,9-10H2,1-2H3. The van der Waals surface area contributed by atoms with Crippen LogP contribution >= 0.6 is 0 Å². The van der Waals surface area contributed by atoms with Crippen LogP contribution in [0.3, 0.4) is 0 Å². The minimum absolute atomic E-state index is 0.223. The summed E-state index contributed by atoms with van der Waals surface area (Å²) in [6, 6.07) is 7.91. The van der Waals surface area contributed by atoms with E-state index in [1.54, 1.807) is 0 Å². The summed E-state index contributed by atoms with van der Waals surface area (Å²) in [6.45, 7) is 5.22. The number of halogens is 1. The molecule has 0 radical (unpaired) electrons. The van der Waals surface area contributed by atoms with Gasteiger partial charge in [-0.05, 0) is 23.8 Å². The Hall–Kier alpha value is -2.21. The first-order chi connectivity index (χ1) is 9.95. The fourth-order valence-electron chi connectivity index (χ4n) is 2.10. The molecule has 0 unspecified atom stereocenters. The van der Waals surface area contributed by atoms with E-state index in [4.69, 9.17) is 0 Å². The maximum absolute atomic E-state index is 13.4. The molecule has 2 rings (SSSR count). The van der Waals surface area contributed by atoms with Crippen LogP contribution in [-0.2, 0) is 13.1 Å². The summed E-state index contributed by atoms with van der Waals surface area (Å²) >= 11 is 0. The van der Waals surface area contributed by atoms with E-state index in [1.807, 2.05) is 22.9 Å². The van der Waals surface area contributed by atoms with E-state index >= 15 is 0 Å². The lowest BCUT2D eigenvalue weighted by Crippen LogP contribution is -2.23. The third-order valence-electron chi connectivity index (χ3n) is 3.12. The summed E-state index contributed by atoms with van der Waals surface area (Å²) in [5, 5.41) is 14.1. The van der Waals surface area contributed by atoms with Crippen molar-refractivity contribution in [1.82, 2.24) is 9.88 Å². The predicted octanol–water partition coefficient (Wildman–Crippen LogP) is 3.08. The van der Waals surface area contributed by atoms with Crippen molar-refractivity contribution >= 4 is 5.69 Å². The van der Waals surface area contributed by atoms with Crippen LogP contribution in [0.15, 0.2) is 36.5 Å². The van der Waals surface area contributed by atoms with Gasteiger partial charge in [0.15, 0.2) is 0 Å². The molecule has 0 amide bonds. The van der Waals surface area contributed by atoms with E-state index in [1.165, 1.54) is 12.1 Å². The van der Waals surface area contributed by atoms with Crippen LogP contribution in [0.25, 0.3) is 0 Å². The van der Waals surface area contributed by atoms with Gasteiger partial charge in [-0.15, -0.1) is 0 Å². The zero-order valence-corrected chi connectivity index (χ0v) is 12.0. The topological polar surface area (TPSA) is 60.1 Å². The Labute approximate surface area is 122 Å². The highest BCUT2D eigenvalue weighted by Crippen LogP contribution is 2.18. The molecule has 0 atom stereocenters. The number of nitro benzene ring substituents is 1. The second kappa shape index (κ2) is 6.49. The Balaban J connectivity index is 2.19. The number of hydrogen-bond acceptors (Lipinski definition) is 3. The number of aromatic nitrogens is 1. The van der Waals surface area contributed by atoms with E-state index in [0.717, 1.165) is 11.8 Å². The SMILES string of the molecule is CC(C)NCc1cccn1Cc1cc(F)cc([N+](=O)[O-])c1. The first-order valence-corrected chi connectivity index (χ1v) is 6.77. The molecule has 0 aliphatic rings. The van der Waals surface area contributed by atoms with Crippen molar-refractivity contribution in [2.24, 2.45) is 0 Å². The molecule has 1 N–H and O–H groups in total. The molecule has 21 heavy (non-hydrogen) atoms. The molecular weight excluding hydrogens is 273 g/mol.